The van der Waals surface area contributed by atoms with Crippen molar-refractivity contribution >= 4 is 5.91 Å². The van der Waals surface area contributed by atoms with E-state index in [1.165, 1.54) is 5.69 Å². The predicted molar refractivity (Wildman–Crippen MR) is 57.3 cm³/mol. The van der Waals surface area contributed by atoms with Crippen molar-refractivity contribution in [3.05, 3.63) is 24.0 Å². The summed E-state index contributed by atoms with van der Waals surface area (Å²) in [5.74, 6) is 0.330. The molecule has 3 nitrogen and oxygen atoms in total. The van der Waals surface area contributed by atoms with Gasteiger partial charge >= 0.3 is 0 Å². The molecule has 0 aromatic carbocycles. The Morgan fingerprint density at radius 2 is 2.27 bits per heavy atom. The summed E-state index contributed by atoms with van der Waals surface area (Å²) in [6.07, 6.45) is 4.98. The highest BCUT2D eigenvalue weighted by Crippen LogP contribution is 2.40. The first kappa shape index (κ1) is 9.01. The van der Waals surface area contributed by atoms with E-state index >= 15 is 0 Å². The summed E-state index contributed by atoms with van der Waals surface area (Å²) < 4.78 is 2.29. The van der Waals surface area contributed by atoms with Gasteiger partial charge in [0.2, 0.25) is 5.91 Å². The topological polar surface area (TPSA) is 25.2 Å². The van der Waals surface area contributed by atoms with Crippen LogP contribution in [0.4, 0.5) is 0 Å². The van der Waals surface area contributed by atoms with Gasteiger partial charge in [0.05, 0.1) is 5.54 Å². The normalized spacial score (nSPS) is 29.9. The predicted octanol–water partition coefficient (Wildman–Crippen LogP) is 1.73. The number of fused-ring (bicyclic) bond motifs is 3. The molecule has 1 saturated heterocycles. The molecule has 0 radical (unpaired) electrons. The molecule has 1 atom stereocenters. The van der Waals surface area contributed by atoms with Crippen LogP contribution in [-0.4, -0.2) is 21.9 Å². The summed E-state index contributed by atoms with van der Waals surface area (Å²) >= 11 is 0. The van der Waals surface area contributed by atoms with E-state index in [9.17, 15) is 4.79 Å². The van der Waals surface area contributed by atoms with Crippen molar-refractivity contribution in [1.82, 2.24) is 9.47 Å². The average Bonchev–Trinajstić information content (AvgIpc) is 2.66. The molecule has 3 heterocycles. The maximum absolute atomic E-state index is 11.9. The van der Waals surface area contributed by atoms with Gasteiger partial charge in [-0.05, 0) is 31.9 Å². The molecule has 1 aromatic rings. The number of piperidine rings is 1. The summed E-state index contributed by atoms with van der Waals surface area (Å²) in [5.41, 5.74) is 1.26. The largest absolute Gasteiger partial charge is 0.348 e. The molecule has 1 amide bonds. The van der Waals surface area contributed by atoms with E-state index in [1.54, 1.807) is 0 Å². The summed E-state index contributed by atoms with van der Waals surface area (Å²) in [4.78, 5) is 14.0. The van der Waals surface area contributed by atoms with E-state index in [0.29, 0.717) is 5.91 Å². The highest BCUT2D eigenvalue weighted by atomic mass is 16.2. The van der Waals surface area contributed by atoms with Crippen LogP contribution in [0.25, 0.3) is 0 Å². The van der Waals surface area contributed by atoms with Crippen molar-refractivity contribution < 1.29 is 4.79 Å². The van der Waals surface area contributed by atoms with Crippen molar-refractivity contribution in [2.45, 2.75) is 38.3 Å². The minimum atomic E-state index is -0.0446. The Kier molecular flexibility index (Phi) is 1.73. The number of rotatable bonds is 0. The number of amides is 1. The lowest BCUT2D eigenvalue weighted by Gasteiger charge is -2.48. The SMILES string of the molecule is CC12CCCC(=O)N1CCn1cccc12. The molecule has 1 unspecified atom stereocenters. The minimum Gasteiger partial charge on any atom is -0.348 e. The number of carbonyl (C=O) groups excluding carboxylic acids is 1. The lowest BCUT2D eigenvalue weighted by molar-refractivity contribution is -0.143. The van der Waals surface area contributed by atoms with Gasteiger partial charge in [-0.2, -0.15) is 0 Å². The highest BCUT2D eigenvalue weighted by molar-refractivity contribution is 5.78. The second-order valence-corrected chi connectivity index (χ2v) is 4.76. The fraction of sp³-hybridized carbons (Fsp3) is 0.583. The molecule has 0 aliphatic carbocycles. The van der Waals surface area contributed by atoms with Crippen LogP contribution < -0.4 is 0 Å². The van der Waals surface area contributed by atoms with Crippen LogP contribution >= 0.6 is 0 Å². The average molecular weight is 204 g/mol. The first-order chi connectivity index (χ1) is 7.22. The van der Waals surface area contributed by atoms with E-state index in [1.807, 2.05) is 0 Å². The first-order valence-corrected chi connectivity index (χ1v) is 5.68. The highest BCUT2D eigenvalue weighted by Gasteiger charge is 2.43. The molecule has 3 rings (SSSR count). The van der Waals surface area contributed by atoms with Crippen LogP contribution in [0.1, 0.15) is 31.9 Å². The Morgan fingerprint density at radius 3 is 3.13 bits per heavy atom. The monoisotopic (exact) mass is 204 g/mol. The van der Waals surface area contributed by atoms with Gasteiger partial charge in [0.1, 0.15) is 0 Å². The van der Waals surface area contributed by atoms with Crippen molar-refractivity contribution in [2.75, 3.05) is 6.54 Å². The molecular formula is C12H16N2O. The van der Waals surface area contributed by atoms with Gasteiger partial charge in [-0.25, -0.2) is 0 Å². The van der Waals surface area contributed by atoms with Crippen molar-refractivity contribution in [2.24, 2.45) is 0 Å². The molecule has 1 fully saturated rings. The van der Waals surface area contributed by atoms with Crippen LogP contribution in [0, 0.1) is 0 Å². The Bertz CT molecular complexity index is 410. The van der Waals surface area contributed by atoms with Crippen molar-refractivity contribution in [3.8, 4) is 0 Å². The molecule has 0 spiro atoms. The van der Waals surface area contributed by atoms with Gasteiger partial charge in [-0.3, -0.25) is 4.79 Å². The van der Waals surface area contributed by atoms with E-state index < -0.39 is 0 Å². The van der Waals surface area contributed by atoms with E-state index in [4.69, 9.17) is 0 Å². The van der Waals surface area contributed by atoms with Crippen LogP contribution in [0.5, 0.6) is 0 Å². The maximum atomic E-state index is 11.9. The Hall–Kier alpha value is -1.25. The Morgan fingerprint density at radius 1 is 1.40 bits per heavy atom. The standard InChI is InChI=1S/C12H16N2O/c1-12-6-2-5-11(15)14(12)9-8-13-7-3-4-10(12)13/h3-4,7H,2,5-6,8-9H2,1H3. The zero-order valence-electron chi connectivity index (χ0n) is 9.07. The second-order valence-electron chi connectivity index (χ2n) is 4.76. The third-order valence-corrected chi connectivity index (χ3v) is 3.90. The number of nitrogens with zero attached hydrogens (tertiary/aromatic N) is 2. The van der Waals surface area contributed by atoms with Gasteiger partial charge in [-0.15, -0.1) is 0 Å². The second kappa shape index (κ2) is 2.87. The summed E-state index contributed by atoms with van der Waals surface area (Å²) in [6.45, 7) is 4.02. The molecule has 3 heteroatoms. The Balaban J connectivity index is 2.11. The minimum absolute atomic E-state index is 0.0446. The molecule has 1 aromatic heterocycles. The van der Waals surface area contributed by atoms with Crippen LogP contribution in [-0.2, 0) is 16.9 Å². The zero-order valence-corrected chi connectivity index (χ0v) is 9.07. The van der Waals surface area contributed by atoms with Crippen LogP contribution in [0.2, 0.25) is 0 Å². The number of carbonyl (C=O) groups is 1. The van der Waals surface area contributed by atoms with Crippen LogP contribution in [0.15, 0.2) is 18.3 Å². The zero-order chi connectivity index (χ0) is 10.5. The lowest BCUT2D eigenvalue weighted by Crippen LogP contribution is -2.55. The molecule has 2 aliphatic heterocycles. The molecule has 15 heavy (non-hydrogen) atoms. The molecule has 80 valence electrons. The molecule has 2 aliphatic rings. The fourth-order valence-corrected chi connectivity index (χ4v) is 3.07. The number of aromatic nitrogens is 1. The van der Waals surface area contributed by atoms with Crippen molar-refractivity contribution in [1.29, 1.82) is 0 Å². The smallest absolute Gasteiger partial charge is 0.223 e. The summed E-state index contributed by atoms with van der Waals surface area (Å²) in [6, 6.07) is 4.24. The lowest BCUT2D eigenvalue weighted by atomic mass is 9.84. The van der Waals surface area contributed by atoms with Crippen molar-refractivity contribution in [3.63, 3.8) is 0 Å². The molecular weight excluding hydrogens is 188 g/mol. The first-order valence-electron chi connectivity index (χ1n) is 5.68. The van der Waals surface area contributed by atoms with Gasteiger partial charge in [0.25, 0.3) is 0 Å². The van der Waals surface area contributed by atoms with E-state index in [2.05, 4.69) is 34.7 Å². The van der Waals surface area contributed by atoms with Crippen LogP contribution in [0.3, 0.4) is 0 Å². The third kappa shape index (κ3) is 1.09. The van der Waals surface area contributed by atoms with E-state index in [0.717, 1.165) is 32.4 Å². The fourth-order valence-electron chi connectivity index (χ4n) is 3.07. The van der Waals surface area contributed by atoms with Gasteiger partial charge < -0.3 is 9.47 Å². The van der Waals surface area contributed by atoms with Gasteiger partial charge in [0.15, 0.2) is 0 Å². The van der Waals surface area contributed by atoms with Gasteiger partial charge in [-0.1, -0.05) is 0 Å². The molecule has 0 N–H and O–H groups in total. The summed E-state index contributed by atoms with van der Waals surface area (Å²) in [7, 11) is 0. The maximum Gasteiger partial charge on any atom is 0.223 e. The quantitative estimate of drug-likeness (QED) is 0.631. The van der Waals surface area contributed by atoms with Gasteiger partial charge in [0, 0.05) is 31.4 Å². The third-order valence-electron chi connectivity index (χ3n) is 3.90. The van der Waals surface area contributed by atoms with E-state index in [-0.39, 0.29) is 5.54 Å². The Labute approximate surface area is 89.7 Å². The molecule has 0 saturated carbocycles. The molecule has 0 bridgehead atoms. The number of hydrogen-bond acceptors (Lipinski definition) is 1. The number of hydrogen-bond donors (Lipinski definition) is 0. The summed E-state index contributed by atoms with van der Waals surface area (Å²) in [5, 5.41) is 0.